The van der Waals surface area contributed by atoms with Crippen molar-refractivity contribution in [2.24, 2.45) is 4.99 Å². The van der Waals surface area contributed by atoms with E-state index in [0.717, 1.165) is 51.7 Å². The van der Waals surface area contributed by atoms with E-state index in [1.807, 2.05) is 6.92 Å². The second-order valence-electron chi connectivity index (χ2n) is 7.07. The van der Waals surface area contributed by atoms with Crippen LogP contribution in [0.15, 0.2) is 29.3 Å². The molecule has 0 bridgehead atoms. The molecule has 1 aromatic rings. The standard InChI is InChI=1S/C20H34N4O/c1-5-21-19(22-12-14-25-6-2)23-16-20(3,4)24-13-11-17-9-7-8-10-18(17)15-24/h7-10H,5-6,11-16H2,1-4H3,(H2,21,22,23). The maximum absolute atomic E-state index is 5.38. The molecular weight excluding hydrogens is 312 g/mol. The zero-order valence-corrected chi connectivity index (χ0v) is 16.3. The molecule has 1 aliphatic heterocycles. The molecule has 1 aliphatic rings. The number of hydrogen-bond donors (Lipinski definition) is 2. The van der Waals surface area contributed by atoms with Crippen LogP contribution in [0.3, 0.4) is 0 Å². The van der Waals surface area contributed by atoms with Gasteiger partial charge in [-0.2, -0.15) is 0 Å². The van der Waals surface area contributed by atoms with Crippen molar-refractivity contribution < 1.29 is 4.74 Å². The number of hydrogen-bond acceptors (Lipinski definition) is 3. The van der Waals surface area contributed by atoms with E-state index in [1.165, 1.54) is 11.1 Å². The first-order valence-corrected chi connectivity index (χ1v) is 9.48. The van der Waals surface area contributed by atoms with Gasteiger partial charge in [0.05, 0.1) is 13.2 Å². The second kappa shape index (κ2) is 9.78. The van der Waals surface area contributed by atoms with Crippen molar-refractivity contribution >= 4 is 5.96 Å². The summed E-state index contributed by atoms with van der Waals surface area (Å²) in [5.41, 5.74) is 2.96. The van der Waals surface area contributed by atoms with Gasteiger partial charge in [-0.05, 0) is 45.2 Å². The lowest BCUT2D eigenvalue weighted by Gasteiger charge is -2.40. The van der Waals surface area contributed by atoms with Gasteiger partial charge < -0.3 is 15.4 Å². The van der Waals surface area contributed by atoms with Crippen molar-refractivity contribution in [3.63, 3.8) is 0 Å². The van der Waals surface area contributed by atoms with Crippen LogP contribution in [-0.4, -0.2) is 55.8 Å². The van der Waals surface area contributed by atoms with Gasteiger partial charge in [-0.25, -0.2) is 0 Å². The van der Waals surface area contributed by atoms with Crippen LogP contribution in [-0.2, 0) is 17.7 Å². The molecule has 0 atom stereocenters. The molecule has 1 aromatic carbocycles. The van der Waals surface area contributed by atoms with E-state index in [9.17, 15) is 0 Å². The van der Waals surface area contributed by atoms with Crippen molar-refractivity contribution in [1.29, 1.82) is 0 Å². The van der Waals surface area contributed by atoms with Gasteiger partial charge in [0.2, 0.25) is 0 Å². The first kappa shape index (κ1) is 19.7. The maximum Gasteiger partial charge on any atom is 0.191 e. The van der Waals surface area contributed by atoms with Crippen LogP contribution >= 0.6 is 0 Å². The first-order valence-electron chi connectivity index (χ1n) is 9.48. The highest BCUT2D eigenvalue weighted by atomic mass is 16.5. The summed E-state index contributed by atoms with van der Waals surface area (Å²) in [4.78, 5) is 7.36. The topological polar surface area (TPSA) is 48.9 Å². The predicted molar refractivity (Wildman–Crippen MR) is 105 cm³/mol. The lowest BCUT2D eigenvalue weighted by Crippen LogP contribution is -2.49. The van der Waals surface area contributed by atoms with Gasteiger partial charge in [0, 0.05) is 38.3 Å². The Morgan fingerprint density at radius 2 is 1.96 bits per heavy atom. The van der Waals surface area contributed by atoms with E-state index in [-0.39, 0.29) is 5.54 Å². The molecule has 0 saturated heterocycles. The van der Waals surface area contributed by atoms with Crippen molar-refractivity contribution in [2.75, 3.05) is 39.4 Å². The summed E-state index contributed by atoms with van der Waals surface area (Å²) in [7, 11) is 0. The monoisotopic (exact) mass is 346 g/mol. The van der Waals surface area contributed by atoms with Gasteiger partial charge in [-0.1, -0.05) is 24.3 Å². The highest BCUT2D eigenvalue weighted by Gasteiger charge is 2.29. The van der Waals surface area contributed by atoms with Crippen molar-refractivity contribution in [3.8, 4) is 0 Å². The molecule has 0 aliphatic carbocycles. The minimum Gasteiger partial charge on any atom is -0.380 e. The van der Waals surface area contributed by atoms with Crippen LogP contribution in [0, 0.1) is 0 Å². The Morgan fingerprint density at radius 1 is 1.20 bits per heavy atom. The SMILES string of the molecule is CCNC(=NCC(C)(C)N1CCc2ccccc2C1)NCCOCC. The molecule has 5 nitrogen and oxygen atoms in total. The van der Waals surface area contributed by atoms with Gasteiger partial charge in [0.15, 0.2) is 5.96 Å². The molecule has 2 N–H and O–H groups in total. The van der Waals surface area contributed by atoms with E-state index in [4.69, 9.17) is 9.73 Å². The quantitative estimate of drug-likeness (QED) is 0.431. The Labute approximate surface area is 152 Å². The summed E-state index contributed by atoms with van der Waals surface area (Å²) in [6, 6.07) is 8.78. The maximum atomic E-state index is 5.38. The van der Waals surface area contributed by atoms with E-state index < -0.39 is 0 Å². The molecule has 140 valence electrons. The van der Waals surface area contributed by atoms with Crippen molar-refractivity contribution in [2.45, 2.75) is 46.2 Å². The van der Waals surface area contributed by atoms with Gasteiger partial charge >= 0.3 is 0 Å². The summed E-state index contributed by atoms with van der Waals surface area (Å²) in [5.74, 6) is 0.868. The van der Waals surface area contributed by atoms with Gasteiger partial charge in [-0.15, -0.1) is 0 Å². The average Bonchev–Trinajstić information content (AvgIpc) is 2.62. The third kappa shape index (κ3) is 6.01. The number of nitrogens with zero attached hydrogens (tertiary/aromatic N) is 2. The molecular formula is C20H34N4O. The van der Waals surface area contributed by atoms with Crippen LogP contribution < -0.4 is 10.6 Å². The lowest BCUT2D eigenvalue weighted by molar-refractivity contribution is 0.111. The lowest BCUT2D eigenvalue weighted by atomic mass is 9.94. The van der Waals surface area contributed by atoms with Gasteiger partial charge in [-0.3, -0.25) is 9.89 Å². The highest BCUT2D eigenvalue weighted by molar-refractivity contribution is 5.79. The summed E-state index contributed by atoms with van der Waals surface area (Å²) in [6.07, 6.45) is 1.12. The molecule has 0 spiro atoms. The number of benzene rings is 1. The van der Waals surface area contributed by atoms with Crippen molar-refractivity contribution in [1.82, 2.24) is 15.5 Å². The number of rotatable bonds is 8. The smallest absolute Gasteiger partial charge is 0.191 e. The third-order valence-corrected chi connectivity index (χ3v) is 4.70. The van der Waals surface area contributed by atoms with Crippen LogP contribution in [0.2, 0.25) is 0 Å². The molecule has 0 aromatic heterocycles. The second-order valence-corrected chi connectivity index (χ2v) is 7.07. The molecule has 0 radical (unpaired) electrons. The molecule has 0 saturated carbocycles. The van der Waals surface area contributed by atoms with E-state index in [2.05, 4.69) is 60.6 Å². The summed E-state index contributed by atoms with van der Waals surface area (Å²) < 4.78 is 5.38. The van der Waals surface area contributed by atoms with Crippen LogP contribution in [0.4, 0.5) is 0 Å². The zero-order valence-electron chi connectivity index (χ0n) is 16.3. The molecule has 0 fully saturated rings. The Bertz CT molecular complexity index is 556. The minimum atomic E-state index is 0.0236. The highest BCUT2D eigenvalue weighted by Crippen LogP contribution is 2.25. The Kier molecular flexibility index (Phi) is 7.72. The summed E-state index contributed by atoms with van der Waals surface area (Å²) in [6.45, 7) is 14.6. The molecule has 0 amide bonds. The number of nitrogens with one attached hydrogen (secondary N) is 2. The molecule has 5 heteroatoms. The molecule has 2 rings (SSSR count). The molecule has 25 heavy (non-hydrogen) atoms. The fourth-order valence-electron chi connectivity index (χ4n) is 3.11. The van der Waals surface area contributed by atoms with Crippen molar-refractivity contribution in [3.05, 3.63) is 35.4 Å². The van der Waals surface area contributed by atoms with Gasteiger partial charge in [0.25, 0.3) is 0 Å². The number of fused-ring (bicyclic) bond motifs is 1. The predicted octanol–water partition coefficient (Wildman–Crippen LogP) is 2.41. The number of aliphatic imine (C=N–C) groups is 1. The van der Waals surface area contributed by atoms with E-state index >= 15 is 0 Å². The Balaban J connectivity index is 1.94. The summed E-state index contributed by atoms with van der Waals surface area (Å²) in [5, 5.41) is 6.66. The van der Waals surface area contributed by atoms with E-state index in [1.54, 1.807) is 0 Å². The molecule has 1 heterocycles. The minimum absolute atomic E-state index is 0.0236. The fraction of sp³-hybridized carbons (Fsp3) is 0.650. The first-order chi connectivity index (χ1) is 12.1. The zero-order chi connectivity index (χ0) is 18.1. The van der Waals surface area contributed by atoms with Crippen LogP contribution in [0.1, 0.15) is 38.8 Å². The number of ether oxygens (including phenoxy) is 1. The largest absolute Gasteiger partial charge is 0.380 e. The van der Waals surface area contributed by atoms with Gasteiger partial charge in [0.1, 0.15) is 0 Å². The Hall–Kier alpha value is -1.59. The van der Waals surface area contributed by atoms with Crippen LogP contribution in [0.5, 0.6) is 0 Å². The fourth-order valence-corrected chi connectivity index (χ4v) is 3.11. The average molecular weight is 347 g/mol. The summed E-state index contributed by atoms with van der Waals surface area (Å²) >= 11 is 0. The van der Waals surface area contributed by atoms with Crippen LogP contribution in [0.25, 0.3) is 0 Å². The third-order valence-electron chi connectivity index (χ3n) is 4.70. The normalized spacial score (nSPS) is 15.8. The molecule has 0 unspecified atom stereocenters. The van der Waals surface area contributed by atoms with E-state index in [0.29, 0.717) is 6.61 Å². The Morgan fingerprint density at radius 3 is 2.68 bits per heavy atom. The number of guanidine groups is 1.